The van der Waals surface area contributed by atoms with Crippen molar-refractivity contribution in [3.63, 3.8) is 0 Å². The lowest BCUT2D eigenvalue weighted by molar-refractivity contribution is -0.120. The Bertz CT molecular complexity index is 856. The van der Waals surface area contributed by atoms with Crippen LogP contribution in [0.5, 0.6) is 0 Å². The molecule has 2 atom stereocenters. The van der Waals surface area contributed by atoms with Gasteiger partial charge in [-0.3, -0.25) is 14.5 Å². The number of hydrogen-bond acceptors (Lipinski definition) is 3. The molecule has 1 aliphatic heterocycles. The van der Waals surface area contributed by atoms with Gasteiger partial charge >= 0.3 is 0 Å². The molecular weight excluding hydrogens is 387 g/mol. The number of amides is 2. The highest BCUT2D eigenvalue weighted by Crippen LogP contribution is 2.42. The molecule has 2 aromatic carbocycles. The van der Waals surface area contributed by atoms with Gasteiger partial charge in [0.25, 0.3) is 0 Å². The van der Waals surface area contributed by atoms with E-state index in [2.05, 4.69) is 12.2 Å². The molecule has 0 aliphatic carbocycles. The molecule has 0 spiro atoms. The van der Waals surface area contributed by atoms with E-state index >= 15 is 0 Å². The molecule has 1 N–H and O–H groups in total. The maximum Gasteiger partial charge on any atom is 0.238 e. The minimum Gasteiger partial charge on any atom is -0.326 e. The molecule has 29 heavy (non-hydrogen) atoms. The predicted octanol–water partition coefficient (Wildman–Crippen LogP) is 5.76. The van der Waals surface area contributed by atoms with Crippen LogP contribution >= 0.6 is 11.8 Å². The summed E-state index contributed by atoms with van der Waals surface area (Å²) in [5.41, 5.74) is 2.26. The highest BCUT2D eigenvalue weighted by atomic mass is 32.2. The maximum absolute atomic E-state index is 13.6. The molecule has 2 amide bonds. The summed E-state index contributed by atoms with van der Waals surface area (Å²) in [6.45, 7) is 4.17. The first-order valence-corrected chi connectivity index (χ1v) is 11.2. The molecule has 6 heteroatoms. The van der Waals surface area contributed by atoms with E-state index in [0.717, 1.165) is 36.9 Å². The smallest absolute Gasteiger partial charge is 0.238 e. The first kappa shape index (κ1) is 21.4. The fraction of sp³-hybridized carbons (Fsp3) is 0.391. The van der Waals surface area contributed by atoms with E-state index in [1.807, 2.05) is 31.2 Å². The molecular formula is C23H27FN2O2S. The van der Waals surface area contributed by atoms with Gasteiger partial charge < -0.3 is 5.32 Å². The predicted molar refractivity (Wildman–Crippen MR) is 117 cm³/mol. The summed E-state index contributed by atoms with van der Waals surface area (Å²) in [5.74, 6) is 0.0406. The Labute approximate surface area is 175 Å². The van der Waals surface area contributed by atoms with Crippen molar-refractivity contribution in [2.24, 2.45) is 5.92 Å². The second-order valence-electron chi connectivity index (χ2n) is 7.27. The molecule has 1 aliphatic rings. The molecule has 1 fully saturated rings. The molecule has 154 valence electrons. The number of hydrogen-bond donors (Lipinski definition) is 1. The number of nitrogens with one attached hydrogen (secondary N) is 1. The zero-order chi connectivity index (χ0) is 20.8. The average molecular weight is 415 g/mol. The Morgan fingerprint density at radius 1 is 1.24 bits per heavy atom. The highest BCUT2D eigenvalue weighted by molar-refractivity contribution is 8.00. The van der Waals surface area contributed by atoms with Crippen molar-refractivity contribution in [2.45, 2.75) is 44.9 Å². The third kappa shape index (κ3) is 5.18. The standard InChI is InChI=1S/C23H27FN2O2S/c1-3-5-7-16(4-2)22(28)25-19-12-10-17(11-13-19)23-26(21(27)15-29-23)20-9-6-8-18(24)14-20/h6,8-14,16,23H,3-5,7,15H2,1-2H3,(H,25,28)/t16-,23+/m0/s1. The number of benzene rings is 2. The summed E-state index contributed by atoms with van der Waals surface area (Å²) >= 11 is 1.52. The summed E-state index contributed by atoms with van der Waals surface area (Å²) in [6.07, 6.45) is 3.86. The zero-order valence-electron chi connectivity index (χ0n) is 16.9. The van der Waals surface area contributed by atoms with Gasteiger partial charge in [0.2, 0.25) is 11.8 Å². The molecule has 1 saturated heterocycles. The summed E-state index contributed by atoms with van der Waals surface area (Å²) in [5, 5.41) is 2.80. The number of anilines is 2. The van der Waals surface area contributed by atoms with Crippen LogP contribution in [0.3, 0.4) is 0 Å². The van der Waals surface area contributed by atoms with Gasteiger partial charge in [-0.2, -0.15) is 0 Å². The Kier molecular flexibility index (Phi) is 7.31. The van der Waals surface area contributed by atoms with Crippen LogP contribution in [0.25, 0.3) is 0 Å². The molecule has 0 bridgehead atoms. The van der Waals surface area contributed by atoms with Crippen LogP contribution in [0.15, 0.2) is 48.5 Å². The van der Waals surface area contributed by atoms with Crippen molar-refractivity contribution in [3.8, 4) is 0 Å². The third-order valence-corrected chi connectivity index (χ3v) is 6.40. The van der Waals surface area contributed by atoms with Gasteiger partial charge in [-0.25, -0.2) is 4.39 Å². The zero-order valence-corrected chi connectivity index (χ0v) is 17.7. The van der Waals surface area contributed by atoms with Crippen molar-refractivity contribution in [3.05, 3.63) is 59.9 Å². The number of halogens is 1. The van der Waals surface area contributed by atoms with Crippen LogP contribution < -0.4 is 10.2 Å². The number of unbranched alkanes of at least 4 members (excludes halogenated alkanes) is 1. The SMILES string of the molecule is CCCC[C@H](CC)C(=O)Nc1ccc([C@H]2SCC(=O)N2c2cccc(F)c2)cc1. The lowest BCUT2D eigenvalue weighted by atomic mass is 9.98. The van der Waals surface area contributed by atoms with Gasteiger partial charge in [-0.15, -0.1) is 11.8 Å². The average Bonchev–Trinajstić information content (AvgIpc) is 3.10. The van der Waals surface area contributed by atoms with Crippen molar-refractivity contribution in [1.82, 2.24) is 0 Å². The normalized spacial score (nSPS) is 17.4. The monoisotopic (exact) mass is 414 g/mol. The Morgan fingerprint density at radius 3 is 2.66 bits per heavy atom. The minimum atomic E-state index is -0.363. The van der Waals surface area contributed by atoms with E-state index in [-0.39, 0.29) is 28.9 Å². The topological polar surface area (TPSA) is 49.4 Å². The van der Waals surface area contributed by atoms with Crippen molar-refractivity contribution < 1.29 is 14.0 Å². The molecule has 1 heterocycles. The van der Waals surface area contributed by atoms with Gasteiger partial charge in [0.05, 0.1) is 5.75 Å². The second kappa shape index (κ2) is 9.92. The number of carbonyl (C=O) groups is 2. The largest absolute Gasteiger partial charge is 0.326 e. The summed E-state index contributed by atoms with van der Waals surface area (Å²) in [4.78, 5) is 26.5. The lowest BCUT2D eigenvalue weighted by Gasteiger charge is -2.24. The minimum absolute atomic E-state index is 0.0288. The number of nitrogens with zero attached hydrogens (tertiary/aromatic N) is 1. The van der Waals surface area contributed by atoms with Crippen LogP contribution in [0, 0.1) is 11.7 Å². The first-order chi connectivity index (χ1) is 14.0. The van der Waals surface area contributed by atoms with E-state index in [9.17, 15) is 14.0 Å². The van der Waals surface area contributed by atoms with Crippen LogP contribution in [-0.2, 0) is 9.59 Å². The van der Waals surface area contributed by atoms with Crippen LogP contribution in [0.4, 0.5) is 15.8 Å². The molecule has 0 aromatic heterocycles. The van der Waals surface area contributed by atoms with E-state index in [4.69, 9.17) is 0 Å². The summed E-state index contributed by atoms with van der Waals surface area (Å²) in [6, 6.07) is 13.7. The van der Waals surface area contributed by atoms with Gasteiger partial charge in [-0.05, 0) is 48.7 Å². The number of rotatable bonds is 8. The van der Waals surface area contributed by atoms with Crippen molar-refractivity contribution >= 4 is 35.0 Å². The number of thioether (sulfide) groups is 1. The van der Waals surface area contributed by atoms with Gasteiger partial charge in [0, 0.05) is 17.3 Å². The number of carbonyl (C=O) groups excluding carboxylic acids is 2. The van der Waals surface area contributed by atoms with E-state index in [1.54, 1.807) is 17.0 Å². The first-order valence-electron chi connectivity index (χ1n) is 10.1. The van der Waals surface area contributed by atoms with Crippen LogP contribution in [-0.4, -0.2) is 17.6 Å². The molecule has 0 radical (unpaired) electrons. The highest BCUT2D eigenvalue weighted by Gasteiger charge is 2.34. The quantitative estimate of drug-likeness (QED) is 0.597. The van der Waals surface area contributed by atoms with Crippen LogP contribution in [0.1, 0.15) is 50.5 Å². The van der Waals surface area contributed by atoms with E-state index in [0.29, 0.717) is 11.4 Å². The fourth-order valence-corrected chi connectivity index (χ4v) is 4.70. The summed E-state index contributed by atoms with van der Waals surface area (Å²) in [7, 11) is 0. The fourth-order valence-electron chi connectivity index (χ4n) is 3.52. The molecule has 0 saturated carbocycles. The molecule has 3 rings (SSSR count). The maximum atomic E-state index is 13.6. The van der Waals surface area contributed by atoms with Gasteiger partial charge in [0.15, 0.2) is 0 Å². The van der Waals surface area contributed by atoms with E-state index in [1.165, 1.54) is 23.9 Å². The Hall–Kier alpha value is -2.34. The Morgan fingerprint density at radius 2 is 2.00 bits per heavy atom. The van der Waals surface area contributed by atoms with Gasteiger partial charge in [-0.1, -0.05) is 44.9 Å². The van der Waals surface area contributed by atoms with E-state index < -0.39 is 0 Å². The Balaban J connectivity index is 1.72. The second-order valence-corrected chi connectivity index (χ2v) is 8.33. The van der Waals surface area contributed by atoms with Crippen molar-refractivity contribution in [2.75, 3.05) is 16.0 Å². The summed E-state index contributed by atoms with van der Waals surface area (Å²) < 4.78 is 13.6. The van der Waals surface area contributed by atoms with Gasteiger partial charge in [0.1, 0.15) is 11.2 Å². The molecule has 0 unspecified atom stereocenters. The molecule has 4 nitrogen and oxygen atoms in total. The van der Waals surface area contributed by atoms with Crippen LogP contribution in [0.2, 0.25) is 0 Å². The molecule has 2 aromatic rings. The lowest BCUT2D eigenvalue weighted by Crippen LogP contribution is -2.27. The third-order valence-electron chi connectivity index (χ3n) is 5.19. The van der Waals surface area contributed by atoms with Crippen molar-refractivity contribution in [1.29, 1.82) is 0 Å².